The van der Waals surface area contributed by atoms with Crippen LogP contribution in [-0.2, 0) is 14.6 Å². The first-order valence-electron chi connectivity index (χ1n) is 7.70. The van der Waals surface area contributed by atoms with Gasteiger partial charge < -0.3 is 10.2 Å². The number of nitrogens with one attached hydrogen (secondary N) is 1. The van der Waals surface area contributed by atoms with Crippen molar-refractivity contribution in [3.8, 4) is 0 Å². The van der Waals surface area contributed by atoms with E-state index in [0.29, 0.717) is 15.9 Å². The molecule has 134 valence electrons. The fourth-order valence-electron chi connectivity index (χ4n) is 2.69. The van der Waals surface area contributed by atoms with Gasteiger partial charge in [0.05, 0.1) is 23.3 Å². The van der Waals surface area contributed by atoms with Gasteiger partial charge in [0.25, 0.3) is 0 Å². The highest BCUT2D eigenvalue weighted by atomic mass is 32.2. The van der Waals surface area contributed by atoms with Gasteiger partial charge in [-0.2, -0.15) is 0 Å². The van der Waals surface area contributed by atoms with Crippen molar-refractivity contribution in [3.05, 3.63) is 30.3 Å². The average Bonchev–Trinajstić information content (AvgIpc) is 3.20. The smallest absolute Gasteiger partial charge is 0.237 e. The van der Waals surface area contributed by atoms with Crippen molar-refractivity contribution in [2.45, 2.75) is 16.8 Å². The van der Waals surface area contributed by atoms with Crippen molar-refractivity contribution in [1.82, 2.24) is 10.2 Å². The summed E-state index contributed by atoms with van der Waals surface area (Å²) in [6, 6.07) is 8.90. The molecule has 1 aromatic heterocycles. The lowest BCUT2D eigenvalue weighted by molar-refractivity contribution is -0.116. The van der Waals surface area contributed by atoms with Crippen LogP contribution >= 0.6 is 23.1 Å². The highest BCUT2D eigenvalue weighted by Gasteiger charge is 2.35. The minimum atomic E-state index is -3.08. The van der Waals surface area contributed by atoms with E-state index in [9.17, 15) is 13.2 Å². The number of thioether (sulfide) groups is 1. The van der Waals surface area contributed by atoms with E-state index in [1.807, 2.05) is 30.3 Å². The molecule has 1 amide bonds. The van der Waals surface area contributed by atoms with Gasteiger partial charge in [0.15, 0.2) is 14.2 Å². The van der Waals surface area contributed by atoms with Crippen LogP contribution in [0, 0.1) is 0 Å². The largest absolute Gasteiger partial charge is 0.363 e. The molecule has 2 heterocycles. The minimum Gasteiger partial charge on any atom is -0.363 e. The Morgan fingerprint density at radius 3 is 2.72 bits per heavy atom. The highest BCUT2D eigenvalue weighted by molar-refractivity contribution is 8.01. The van der Waals surface area contributed by atoms with Crippen molar-refractivity contribution in [2.75, 3.05) is 34.5 Å². The summed E-state index contributed by atoms with van der Waals surface area (Å²) in [5.41, 5.74) is 0.725. The maximum Gasteiger partial charge on any atom is 0.237 e. The molecule has 10 heteroatoms. The Balaban J connectivity index is 1.75. The van der Waals surface area contributed by atoms with Gasteiger partial charge in [0, 0.05) is 12.7 Å². The van der Waals surface area contributed by atoms with Crippen LogP contribution in [0.15, 0.2) is 34.7 Å². The molecule has 1 aromatic carbocycles. The molecule has 0 unspecified atom stereocenters. The van der Waals surface area contributed by atoms with Crippen LogP contribution in [0.2, 0.25) is 0 Å². The first kappa shape index (κ1) is 18.2. The van der Waals surface area contributed by atoms with Gasteiger partial charge in [-0.25, -0.2) is 8.42 Å². The predicted octanol–water partition coefficient (Wildman–Crippen LogP) is 1.89. The molecule has 2 aromatic rings. The Morgan fingerprint density at radius 2 is 2.12 bits per heavy atom. The van der Waals surface area contributed by atoms with Crippen molar-refractivity contribution in [2.24, 2.45) is 0 Å². The van der Waals surface area contributed by atoms with Crippen molar-refractivity contribution in [3.63, 3.8) is 0 Å². The number of hydrogen-bond donors (Lipinski definition) is 1. The lowest BCUT2D eigenvalue weighted by Gasteiger charge is -2.28. The van der Waals surface area contributed by atoms with Crippen LogP contribution in [0.25, 0.3) is 0 Å². The Hall–Kier alpha value is -1.65. The Labute approximate surface area is 154 Å². The molecule has 1 fully saturated rings. The molecule has 1 aliphatic rings. The Kier molecular flexibility index (Phi) is 5.60. The maximum absolute atomic E-state index is 12.8. The monoisotopic (exact) mass is 398 g/mol. The van der Waals surface area contributed by atoms with E-state index in [0.717, 1.165) is 5.69 Å². The van der Waals surface area contributed by atoms with Gasteiger partial charge in [-0.3, -0.25) is 4.79 Å². The summed E-state index contributed by atoms with van der Waals surface area (Å²) in [4.78, 5) is 14.5. The fraction of sp³-hybridized carbons (Fsp3) is 0.400. The lowest BCUT2D eigenvalue weighted by atomic mass is 10.2. The van der Waals surface area contributed by atoms with Crippen molar-refractivity contribution < 1.29 is 13.2 Å². The second kappa shape index (κ2) is 7.71. The molecular formula is C15H18N4O3S3. The van der Waals surface area contributed by atoms with E-state index >= 15 is 0 Å². The molecule has 0 aliphatic carbocycles. The molecule has 0 radical (unpaired) electrons. The highest BCUT2D eigenvalue weighted by Crippen LogP contribution is 2.28. The molecule has 25 heavy (non-hydrogen) atoms. The third-order valence-corrected chi connectivity index (χ3v) is 7.63. The molecule has 0 bridgehead atoms. The van der Waals surface area contributed by atoms with Crippen LogP contribution in [0.4, 0.5) is 10.8 Å². The van der Waals surface area contributed by atoms with E-state index < -0.39 is 9.84 Å². The summed E-state index contributed by atoms with van der Waals surface area (Å²) in [6.07, 6.45) is 0.469. The zero-order valence-electron chi connectivity index (χ0n) is 13.6. The average molecular weight is 399 g/mol. The van der Waals surface area contributed by atoms with Crippen molar-refractivity contribution >= 4 is 49.7 Å². The predicted molar refractivity (Wildman–Crippen MR) is 101 cm³/mol. The van der Waals surface area contributed by atoms with Gasteiger partial charge in [-0.1, -0.05) is 41.3 Å². The Bertz CT molecular complexity index is 839. The topological polar surface area (TPSA) is 92.3 Å². The van der Waals surface area contributed by atoms with Crippen LogP contribution in [-0.4, -0.2) is 54.9 Å². The number of carbonyl (C=O) groups is 1. The number of carbonyl (C=O) groups excluding carboxylic acids is 1. The molecular weight excluding hydrogens is 380 g/mol. The zero-order chi connectivity index (χ0) is 17.9. The molecule has 3 rings (SSSR count). The van der Waals surface area contributed by atoms with Gasteiger partial charge in [0.2, 0.25) is 11.0 Å². The maximum atomic E-state index is 12.8. The summed E-state index contributed by atoms with van der Waals surface area (Å²) in [5.74, 6) is 0.202. The fourth-order valence-corrected chi connectivity index (χ4v) is 5.95. The number of amides is 1. The number of benzene rings is 1. The summed E-state index contributed by atoms with van der Waals surface area (Å²) in [5, 5.41) is 11.6. The van der Waals surface area contributed by atoms with E-state index in [-0.39, 0.29) is 29.2 Å². The standard InChI is InChI=1S/C15H18N4O3S3/c1-16-14-17-18-15(24-14)23-9-13(20)19(11-5-3-2-4-6-11)12-7-8-25(21,22)10-12/h2-6,12H,7-10H2,1H3,(H,16,17)/t12-/m1/s1. The van der Waals surface area contributed by atoms with Crippen LogP contribution in [0.5, 0.6) is 0 Å². The van der Waals surface area contributed by atoms with E-state index in [1.165, 1.54) is 23.1 Å². The first-order chi connectivity index (χ1) is 12.0. The molecule has 0 spiro atoms. The molecule has 1 N–H and O–H groups in total. The summed E-state index contributed by atoms with van der Waals surface area (Å²) >= 11 is 2.69. The van der Waals surface area contributed by atoms with E-state index in [1.54, 1.807) is 11.9 Å². The van der Waals surface area contributed by atoms with Crippen molar-refractivity contribution in [1.29, 1.82) is 0 Å². The van der Waals surface area contributed by atoms with Gasteiger partial charge in [0.1, 0.15) is 0 Å². The summed E-state index contributed by atoms with van der Waals surface area (Å²) in [7, 11) is -1.32. The molecule has 0 saturated carbocycles. The van der Waals surface area contributed by atoms with E-state index in [2.05, 4.69) is 15.5 Å². The number of sulfone groups is 1. The number of anilines is 2. The number of hydrogen-bond acceptors (Lipinski definition) is 8. The second-order valence-corrected chi connectivity index (χ2v) is 10.00. The second-order valence-electron chi connectivity index (χ2n) is 5.57. The zero-order valence-corrected chi connectivity index (χ0v) is 16.0. The van der Waals surface area contributed by atoms with Crippen LogP contribution in [0.1, 0.15) is 6.42 Å². The quantitative estimate of drug-likeness (QED) is 0.743. The molecule has 1 saturated heterocycles. The molecule has 7 nitrogen and oxygen atoms in total. The number of aromatic nitrogens is 2. The van der Waals surface area contributed by atoms with Gasteiger partial charge >= 0.3 is 0 Å². The van der Waals surface area contributed by atoms with Crippen LogP contribution < -0.4 is 10.2 Å². The summed E-state index contributed by atoms with van der Waals surface area (Å²) in [6.45, 7) is 0. The third-order valence-electron chi connectivity index (χ3n) is 3.82. The third kappa shape index (κ3) is 4.50. The van der Waals surface area contributed by atoms with Gasteiger partial charge in [-0.15, -0.1) is 10.2 Å². The minimum absolute atomic E-state index is 0.0149. The lowest BCUT2D eigenvalue weighted by Crippen LogP contribution is -2.42. The number of rotatable bonds is 6. The SMILES string of the molecule is CNc1nnc(SCC(=O)N(c2ccccc2)[C@@H]2CCS(=O)(=O)C2)s1. The first-order valence-corrected chi connectivity index (χ1v) is 11.3. The van der Waals surface area contributed by atoms with Crippen LogP contribution in [0.3, 0.4) is 0 Å². The molecule has 1 aliphatic heterocycles. The molecule has 1 atom stereocenters. The number of para-hydroxylation sites is 1. The van der Waals surface area contributed by atoms with Gasteiger partial charge in [-0.05, 0) is 18.6 Å². The summed E-state index contributed by atoms with van der Waals surface area (Å²) < 4.78 is 24.4. The normalized spacial score (nSPS) is 18.8. The Morgan fingerprint density at radius 1 is 1.36 bits per heavy atom. The number of nitrogens with zero attached hydrogens (tertiary/aromatic N) is 3. The van der Waals surface area contributed by atoms with E-state index in [4.69, 9.17) is 0 Å².